The lowest BCUT2D eigenvalue weighted by Gasteiger charge is -2.40. The van der Waals surface area contributed by atoms with Crippen molar-refractivity contribution in [3.63, 3.8) is 0 Å². The molecule has 1 atom stereocenters. The molecule has 0 aliphatic carbocycles. The van der Waals surface area contributed by atoms with Gasteiger partial charge < -0.3 is 0 Å². The largest absolute Gasteiger partial charge is 0.298 e. The van der Waals surface area contributed by atoms with Gasteiger partial charge in [-0.1, -0.05) is 27.7 Å². The van der Waals surface area contributed by atoms with Crippen LogP contribution in [0.25, 0.3) is 0 Å². The van der Waals surface area contributed by atoms with E-state index in [2.05, 4.69) is 53.4 Å². The maximum atomic E-state index is 2.62. The monoisotopic (exact) mass is 197 g/mol. The molecule has 0 saturated carbocycles. The van der Waals surface area contributed by atoms with Gasteiger partial charge in [0, 0.05) is 12.1 Å². The topological polar surface area (TPSA) is 3.24 Å². The van der Waals surface area contributed by atoms with Crippen molar-refractivity contribution in [2.45, 2.75) is 60.4 Å². The highest BCUT2D eigenvalue weighted by Crippen LogP contribution is 2.46. The van der Waals surface area contributed by atoms with Crippen LogP contribution in [0.4, 0.5) is 0 Å². The van der Waals surface area contributed by atoms with Crippen LogP contribution < -0.4 is 0 Å². The first kappa shape index (κ1) is 12.0. The molecule has 1 fully saturated rings. The molecule has 0 aromatic heterocycles. The van der Waals surface area contributed by atoms with E-state index in [4.69, 9.17) is 0 Å². The van der Waals surface area contributed by atoms with Crippen molar-refractivity contribution in [3.8, 4) is 0 Å². The molecule has 1 aliphatic rings. The minimum absolute atomic E-state index is 0.336. The van der Waals surface area contributed by atoms with E-state index < -0.39 is 0 Å². The number of hydrogen-bond acceptors (Lipinski definition) is 1. The Balaban J connectivity index is 2.75. The zero-order valence-corrected chi connectivity index (χ0v) is 11.1. The fraction of sp³-hybridized carbons (Fsp3) is 1.00. The number of likely N-dealkylation sites (tertiary alicyclic amines) is 1. The summed E-state index contributed by atoms with van der Waals surface area (Å²) in [5.74, 6) is 0. The van der Waals surface area contributed by atoms with Gasteiger partial charge in [-0.15, -0.1) is 0 Å². The van der Waals surface area contributed by atoms with E-state index in [1.54, 1.807) is 0 Å². The smallest absolute Gasteiger partial charge is 0.0125 e. The summed E-state index contributed by atoms with van der Waals surface area (Å²) in [4.78, 5) is 2.62. The molecule has 0 aromatic carbocycles. The predicted molar refractivity (Wildman–Crippen MR) is 63.5 cm³/mol. The summed E-state index contributed by atoms with van der Waals surface area (Å²) in [7, 11) is 0. The van der Waals surface area contributed by atoms with Crippen LogP contribution in [0.1, 0.15) is 54.9 Å². The van der Waals surface area contributed by atoms with Gasteiger partial charge in [-0.05, 0) is 44.6 Å². The molecule has 0 radical (unpaired) electrons. The van der Waals surface area contributed by atoms with Crippen LogP contribution in [-0.4, -0.2) is 23.5 Å². The van der Waals surface area contributed by atoms with E-state index >= 15 is 0 Å². The number of hydrogen-bond donors (Lipinski definition) is 0. The molecule has 1 rings (SSSR count). The Labute approximate surface area is 89.9 Å². The fourth-order valence-corrected chi connectivity index (χ4v) is 2.15. The number of nitrogens with zero attached hydrogens (tertiary/aromatic N) is 1. The summed E-state index contributed by atoms with van der Waals surface area (Å²) in [6, 6.07) is 0. The van der Waals surface area contributed by atoms with Crippen molar-refractivity contribution in [1.82, 2.24) is 4.90 Å². The normalized spacial score (nSPS) is 31.1. The highest BCUT2D eigenvalue weighted by molar-refractivity contribution is 4.97. The Morgan fingerprint density at radius 3 is 1.71 bits per heavy atom. The Morgan fingerprint density at radius 2 is 1.50 bits per heavy atom. The van der Waals surface area contributed by atoms with Crippen LogP contribution in [0.2, 0.25) is 0 Å². The van der Waals surface area contributed by atoms with E-state index in [1.807, 2.05) is 0 Å². The molecule has 84 valence electrons. The lowest BCUT2D eigenvalue weighted by atomic mass is 9.67. The zero-order valence-electron chi connectivity index (χ0n) is 11.1. The molecule has 0 amide bonds. The lowest BCUT2D eigenvalue weighted by Crippen LogP contribution is -2.43. The third-order valence-corrected chi connectivity index (χ3v) is 4.23. The molecule has 1 heteroatoms. The standard InChI is InChI=1S/C13H27N/c1-11(2,3)13(7)8-9-14(10-13)12(4,5)6/h8-10H2,1-7H3/t13-/m1/s1. The van der Waals surface area contributed by atoms with E-state index in [0.717, 1.165) is 0 Å². The minimum atomic E-state index is 0.336. The molecule has 1 nitrogen and oxygen atoms in total. The second-order valence-corrected chi connectivity index (χ2v) is 7.15. The van der Waals surface area contributed by atoms with Crippen molar-refractivity contribution in [2.24, 2.45) is 10.8 Å². The molecule has 0 unspecified atom stereocenters. The number of rotatable bonds is 0. The van der Waals surface area contributed by atoms with Gasteiger partial charge in [0.15, 0.2) is 0 Å². The van der Waals surface area contributed by atoms with Crippen molar-refractivity contribution in [1.29, 1.82) is 0 Å². The highest BCUT2D eigenvalue weighted by Gasteiger charge is 2.45. The molecule has 0 N–H and O–H groups in total. The summed E-state index contributed by atoms with van der Waals surface area (Å²) in [5, 5.41) is 0. The summed E-state index contributed by atoms with van der Waals surface area (Å²) < 4.78 is 0. The first-order valence-electron chi connectivity index (χ1n) is 5.81. The summed E-state index contributed by atoms with van der Waals surface area (Å²) >= 11 is 0. The average molecular weight is 197 g/mol. The molecule has 1 saturated heterocycles. The predicted octanol–water partition coefficient (Wildman–Crippen LogP) is 3.54. The van der Waals surface area contributed by atoms with Gasteiger partial charge in [0.25, 0.3) is 0 Å². The molecular formula is C13H27N. The van der Waals surface area contributed by atoms with Crippen LogP contribution in [0, 0.1) is 10.8 Å². The van der Waals surface area contributed by atoms with Crippen LogP contribution in [0.5, 0.6) is 0 Å². The van der Waals surface area contributed by atoms with Crippen LogP contribution in [-0.2, 0) is 0 Å². The van der Waals surface area contributed by atoms with Crippen LogP contribution >= 0.6 is 0 Å². The molecule has 0 bridgehead atoms. The highest BCUT2D eigenvalue weighted by atomic mass is 15.2. The second kappa shape index (κ2) is 3.23. The van der Waals surface area contributed by atoms with E-state index in [-0.39, 0.29) is 0 Å². The Kier molecular flexibility index (Phi) is 2.78. The SMILES string of the molecule is CC(C)(C)N1CC[C@@](C)(C(C)(C)C)C1. The first-order valence-corrected chi connectivity index (χ1v) is 5.81. The van der Waals surface area contributed by atoms with Crippen molar-refractivity contribution < 1.29 is 0 Å². The van der Waals surface area contributed by atoms with Gasteiger partial charge in [0.05, 0.1) is 0 Å². The second-order valence-electron chi connectivity index (χ2n) is 7.15. The van der Waals surface area contributed by atoms with Gasteiger partial charge in [0.1, 0.15) is 0 Å². The maximum Gasteiger partial charge on any atom is 0.0125 e. The van der Waals surface area contributed by atoms with Gasteiger partial charge >= 0.3 is 0 Å². The fourth-order valence-electron chi connectivity index (χ4n) is 2.15. The Morgan fingerprint density at radius 1 is 1.00 bits per heavy atom. The van der Waals surface area contributed by atoms with E-state index in [9.17, 15) is 0 Å². The summed E-state index contributed by atoms with van der Waals surface area (Å²) in [5.41, 5.74) is 1.25. The van der Waals surface area contributed by atoms with Gasteiger partial charge in [-0.2, -0.15) is 0 Å². The molecule has 0 aromatic rings. The minimum Gasteiger partial charge on any atom is -0.298 e. The van der Waals surface area contributed by atoms with Gasteiger partial charge in [-0.3, -0.25) is 4.90 Å². The first-order chi connectivity index (χ1) is 6.06. The third kappa shape index (κ3) is 2.13. The summed E-state index contributed by atoms with van der Waals surface area (Å²) in [6.07, 6.45) is 1.34. The average Bonchev–Trinajstić information content (AvgIpc) is 2.29. The van der Waals surface area contributed by atoms with Crippen molar-refractivity contribution >= 4 is 0 Å². The molecule has 0 spiro atoms. The van der Waals surface area contributed by atoms with Gasteiger partial charge in [-0.25, -0.2) is 0 Å². The van der Waals surface area contributed by atoms with E-state index in [1.165, 1.54) is 19.5 Å². The molecule has 1 heterocycles. The van der Waals surface area contributed by atoms with Crippen molar-refractivity contribution in [3.05, 3.63) is 0 Å². The quantitative estimate of drug-likeness (QED) is 0.574. The Hall–Kier alpha value is -0.0400. The molecule has 1 aliphatic heterocycles. The van der Waals surface area contributed by atoms with Crippen LogP contribution in [0.3, 0.4) is 0 Å². The van der Waals surface area contributed by atoms with Crippen molar-refractivity contribution in [2.75, 3.05) is 13.1 Å². The lowest BCUT2D eigenvalue weighted by molar-refractivity contribution is 0.0872. The third-order valence-electron chi connectivity index (χ3n) is 4.23. The van der Waals surface area contributed by atoms with E-state index in [0.29, 0.717) is 16.4 Å². The molecule has 14 heavy (non-hydrogen) atoms. The van der Waals surface area contributed by atoms with Gasteiger partial charge in [0.2, 0.25) is 0 Å². The Bertz CT molecular complexity index is 206. The molecular weight excluding hydrogens is 170 g/mol. The zero-order chi connectivity index (χ0) is 11.2. The summed E-state index contributed by atoms with van der Waals surface area (Å²) in [6.45, 7) is 19.0. The van der Waals surface area contributed by atoms with Crippen LogP contribution in [0.15, 0.2) is 0 Å². The maximum absolute atomic E-state index is 2.62.